The van der Waals surface area contributed by atoms with Crippen molar-refractivity contribution in [3.8, 4) is 5.75 Å². The number of nitrogens with one attached hydrogen (secondary N) is 1. The van der Waals surface area contributed by atoms with Crippen LogP contribution in [0.1, 0.15) is 63.4 Å². The van der Waals surface area contributed by atoms with Gasteiger partial charge in [-0.25, -0.2) is 0 Å². The van der Waals surface area contributed by atoms with E-state index in [0.717, 1.165) is 13.0 Å². The van der Waals surface area contributed by atoms with Crippen LogP contribution in [-0.2, 0) is 0 Å². The van der Waals surface area contributed by atoms with Gasteiger partial charge in [0.15, 0.2) is 0 Å². The van der Waals surface area contributed by atoms with Gasteiger partial charge in [0.25, 0.3) is 0 Å². The van der Waals surface area contributed by atoms with Gasteiger partial charge in [0.1, 0.15) is 5.75 Å². The first-order chi connectivity index (χ1) is 10.7. The molecule has 1 fully saturated rings. The highest BCUT2D eigenvalue weighted by Crippen LogP contribution is 2.33. The first-order valence-electron chi connectivity index (χ1n) is 8.86. The molecule has 0 aliphatic heterocycles. The maximum Gasteiger partial charge on any atom is 0.115 e. The van der Waals surface area contributed by atoms with Crippen molar-refractivity contribution in [1.29, 1.82) is 0 Å². The fourth-order valence-electron chi connectivity index (χ4n) is 3.65. The average molecular weight is 305 g/mol. The molecule has 0 amide bonds. The van der Waals surface area contributed by atoms with Crippen LogP contribution in [0.5, 0.6) is 5.75 Å². The van der Waals surface area contributed by atoms with E-state index in [9.17, 15) is 5.11 Å². The topological polar surface area (TPSA) is 52.5 Å². The summed E-state index contributed by atoms with van der Waals surface area (Å²) in [5, 5.41) is 22.2. The monoisotopic (exact) mass is 305 g/mol. The third-order valence-corrected chi connectivity index (χ3v) is 5.02. The lowest BCUT2D eigenvalue weighted by molar-refractivity contribution is 0.239. The van der Waals surface area contributed by atoms with E-state index in [-0.39, 0.29) is 0 Å². The predicted octanol–water partition coefficient (Wildman–Crippen LogP) is 3.81. The van der Waals surface area contributed by atoms with Gasteiger partial charge in [0, 0.05) is 12.6 Å². The average Bonchev–Trinajstić information content (AvgIpc) is 2.54. The third-order valence-electron chi connectivity index (χ3n) is 5.02. The summed E-state index contributed by atoms with van der Waals surface area (Å²) in [5.74, 6) is 1.61. The van der Waals surface area contributed by atoms with E-state index >= 15 is 0 Å². The van der Waals surface area contributed by atoms with Crippen molar-refractivity contribution in [2.75, 3.05) is 13.2 Å². The lowest BCUT2D eigenvalue weighted by Gasteiger charge is -2.30. The van der Waals surface area contributed by atoms with Crippen LogP contribution in [0.15, 0.2) is 24.3 Å². The van der Waals surface area contributed by atoms with E-state index in [4.69, 9.17) is 5.11 Å². The van der Waals surface area contributed by atoms with Gasteiger partial charge >= 0.3 is 0 Å². The van der Waals surface area contributed by atoms with Gasteiger partial charge in [0.2, 0.25) is 0 Å². The Labute approximate surface area is 134 Å². The molecule has 0 saturated heterocycles. The maximum absolute atomic E-state index is 9.38. The van der Waals surface area contributed by atoms with Crippen LogP contribution >= 0.6 is 0 Å². The maximum atomic E-state index is 9.38. The molecular formula is C19H31NO2. The number of rotatable bonds is 8. The molecule has 124 valence electrons. The lowest BCUT2D eigenvalue weighted by atomic mass is 9.81. The van der Waals surface area contributed by atoms with E-state index in [2.05, 4.69) is 24.4 Å². The quantitative estimate of drug-likeness (QED) is 0.684. The van der Waals surface area contributed by atoms with Crippen molar-refractivity contribution in [1.82, 2.24) is 5.32 Å². The van der Waals surface area contributed by atoms with Gasteiger partial charge in [-0.15, -0.1) is 0 Å². The number of benzene rings is 1. The second-order valence-corrected chi connectivity index (χ2v) is 6.72. The number of phenolic OH excluding ortho intramolecular Hbond substituents is 1. The van der Waals surface area contributed by atoms with Gasteiger partial charge in [-0.1, -0.05) is 25.5 Å². The molecule has 22 heavy (non-hydrogen) atoms. The highest BCUT2D eigenvalue weighted by molar-refractivity contribution is 5.28. The zero-order valence-corrected chi connectivity index (χ0v) is 13.8. The molecule has 0 spiro atoms. The third kappa shape index (κ3) is 5.29. The zero-order valence-electron chi connectivity index (χ0n) is 13.8. The molecule has 3 nitrogen and oxygen atoms in total. The Kier molecular flexibility index (Phi) is 7.20. The summed E-state index contributed by atoms with van der Waals surface area (Å²) in [6, 6.07) is 8.35. The molecule has 0 aromatic heterocycles. The standard InChI is InChI=1S/C19H31NO2/c1-2-3-15(12-13-21)14-20-18-8-4-16(5-9-18)17-6-10-19(22)11-7-17/h6-7,10-11,15-16,18,20-22H,2-5,8-9,12-14H2,1H3. The molecule has 2 rings (SSSR count). The number of aliphatic hydroxyl groups excluding tert-OH is 1. The van der Waals surface area contributed by atoms with Crippen LogP contribution in [0.2, 0.25) is 0 Å². The molecule has 3 heteroatoms. The van der Waals surface area contributed by atoms with E-state index in [1.165, 1.54) is 44.1 Å². The number of hydrogen-bond donors (Lipinski definition) is 3. The summed E-state index contributed by atoms with van der Waals surface area (Å²) in [7, 11) is 0. The van der Waals surface area contributed by atoms with Crippen LogP contribution in [0.4, 0.5) is 0 Å². The van der Waals surface area contributed by atoms with Gasteiger partial charge < -0.3 is 15.5 Å². The van der Waals surface area contributed by atoms with E-state index < -0.39 is 0 Å². The van der Waals surface area contributed by atoms with Crippen molar-refractivity contribution in [3.05, 3.63) is 29.8 Å². The van der Waals surface area contributed by atoms with Crippen LogP contribution in [0, 0.1) is 5.92 Å². The molecule has 1 unspecified atom stereocenters. The summed E-state index contributed by atoms with van der Waals surface area (Å²) in [6.07, 6.45) is 8.22. The van der Waals surface area contributed by atoms with Crippen molar-refractivity contribution < 1.29 is 10.2 Å². The summed E-state index contributed by atoms with van der Waals surface area (Å²) < 4.78 is 0. The number of aromatic hydroxyl groups is 1. The van der Waals surface area contributed by atoms with E-state index in [0.29, 0.717) is 30.2 Å². The molecule has 0 radical (unpaired) electrons. The fourth-order valence-corrected chi connectivity index (χ4v) is 3.65. The summed E-state index contributed by atoms with van der Waals surface area (Å²) in [6.45, 7) is 3.57. The minimum Gasteiger partial charge on any atom is -0.508 e. The summed E-state index contributed by atoms with van der Waals surface area (Å²) in [5.41, 5.74) is 1.36. The molecule has 1 saturated carbocycles. The first-order valence-corrected chi connectivity index (χ1v) is 8.86. The van der Waals surface area contributed by atoms with Crippen molar-refractivity contribution in [2.45, 2.75) is 63.8 Å². The predicted molar refractivity (Wildman–Crippen MR) is 91.2 cm³/mol. The van der Waals surface area contributed by atoms with Crippen LogP contribution < -0.4 is 5.32 Å². The number of aliphatic hydroxyl groups is 1. The van der Waals surface area contributed by atoms with Crippen molar-refractivity contribution in [2.24, 2.45) is 5.92 Å². The Morgan fingerprint density at radius 3 is 2.36 bits per heavy atom. The Bertz CT molecular complexity index is 404. The normalized spacial score (nSPS) is 23.4. The molecule has 1 aliphatic rings. The SMILES string of the molecule is CCCC(CCO)CNC1CCC(c2ccc(O)cc2)CC1. The highest BCUT2D eigenvalue weighted by Gasteiger charge is 2.22. The highest BCUT2D eigenvalue weighted by atomic mass is 16.3. The number of phenols is 1. The molecule has 1 aromatic carbocycles. The Hall–Kier alpha value is -1.06. The lowest BCUT2D eigenvalue weighted by Crippen LogP contribution is -2.36. The van der Waals surface area contributed by atoms with Gasteiger partial charge in [-0.2, -0.15) is 0 Å². The smallest absolute Gasteiger partial charge is 0.115 e. The molecule has 0 bridgehead atoms. The Morgan fingerprint density at radius 2 is 1.77 bits per heavy atom. The Morgan fingerprint density at radius 1 is 1.09 bits per heavy atom. The van der Waals surface area contributed by atoms with Crippen LogP contribution in [-0.4, -0.2) is 29.4 Å². The molecule has 1 atom stereocenters. The van der Waals surface area contributed by atoms with E-state index in [1.807, 2.05) is 0 Å². The van der Waals surface area contributed by atoms with Crippen molar-refractivity contribution >= 4 is 0 Å². The van der Waals surface area contributed by atoms with Crippen LogP contribution in [0.3, 0.4) is 0 Å². The zero-order chi connectivity index (χ0) is 15.8. The molecule has 0 heterocycles. The number of hydrogen-bond acceptors (Lipinski definition) is 3. The second kappa shape index (κ2) is 9.16. The summed E-state index contributed by atoms with van der Waals surface area (Å²) >= 11 is 0. The molecule has 3 N–H and O–H groups in total. The summed E-state index contributed by atoms with van der Waals surface area (Å²) in [4.78, 5) is 0. The fraction of sp³-hybridized carbons (Fsp3) is 0.684. The minimum absolute atomic E-state index is 0.305. The van der Waals surface area contributed by atoms with Gasteiger partial charge in [-0.05, 0) is 74.6 Å². The van der Waals surface area contributed by atoms with E-state index in [1.54, 1.807) is 12.1 Å². The van der Waals surface area contributed by atoms with Crippen molar-refractivity contribution in [3.63, 3.8) is 0 Å². The first kappa shape index (κ1) is 17.3. The Balaban J connectivity index is 1.73. The second-order valence-electron chi connectivity index (χ2n) is 6.72. The minimum atomic E-state index is 0.305. The van der Waals surface area contributed by atoms with Crippen LogP contribution in [0.25, 0.3) is 0 Å². The van der Waals surface area contributed by atoms with Gasteiger partial charge in [-0.3, -0.25) is 0 Å². The largest absolute Gasteiger partial charge is 0.508 e. The molecular weight excluding hydrogens is 274 g/mol. The van der Waals surface area contributed by atoms with Gasteiger partial charge in [0.05, 0.1) is 0 Å². The molecule has 1 aliphatic carbocycles. The molecule has 1 aromatic rings.